The fourth-order valence-corrected chi connectivity index (χ4v) is 2.55. The van der Waals surface area contributed by atoms with Crippen molar-refractivity contribution in [1.29, 1.82) is 0 Å². The van der Waals surface area contributed by atoms with Crippen LogP contribution in [0, 0.1) is 0 Å². The first-order chi connectivity index (χ1) is 10.1. The minimum Gasteiger partial charge on any atom is -0.335 e. The van der Waals surface area contributed by atoms with Crippen molar-refractivity contribution in [3.8, 4) is 0 Å². The number of hydrogen-bond acceptors (Lipinski definition) is 2. The molecule has 1 fully saturated rings. The predicted octanol–water partition coefficient (Wildman–Crippen LogP) is 3.12. The van der Waals surface area contributed by atoms with Crippen molar-refractivity contribution in [2.75, 3.05) is 17.3 Å². The number of carbonyl (C=O) groups excluding carboxylic acids is 2. The highest BCUT2D eigenvalue weighted by Gasteiger charge is 2.15. The Bertz CT molecular complexity index is 493. The average Bonchev–Trinajstić information content (AvgIpc) is 2.48. The molecule has 114 valence electrons. The number of hydrogen-bond donors (Lipinski definition) is 2. The van der Waals surface area contributed by atoms with Crippen LogP contribution in [0.2, 0.25) is 0 Å². The molecule has 1 saturated carbocycles. The van der Waals surface area contributed by atoms with Crippen molar-refractivity contribution in [2.45, 2.75) is 45.1 Å². The molecule has 0 saturated heterocycles. The van der Waals surface area contributed by atoms with Crippen LogP contribution in [0.25, 0.3) is 0 Å². The van der Waals surface area contributed by atoms with Gasteiger partial charge >= 0.3 is 6.03 Å². The van der Waals surface area contributed by atoms with Crippen molar-refractivity contribution in [3.05, 3.63) is 24.3 Å². The molecule has 0 unspecified atom stereocenters. The number of rotatable bonds is 3. The van der Waals surface area contributed by atoms with E-state index in [0.29, 0.717) is 6.04 Å². The summed E-state index contributed by atoms with van der Waals surface area (Å²) in [6.45, 7) is 1.52. The van der Waals surface area contributed by atoms with Gasteiger partial charge < -0.3 is 15.5 Å². The zero-order valence-corrected chi connectivity index (χ0v) is 12.7. The topological polar surface area (TPSA) is 61.4 Å². The Balaban J connectivity index is 1.87. The van der Waals surface area contributed by atoms with Gasteiger partial charge in [-0.05, 0) is 37.1 Å². The Labute approximate surface area is 125 Å². The van der Waals surface area contributed by atoms with E-state index in [9.17, 15) is 9.59 Å². The Kier molecular flexibility index (Phi) is 5.20. The normalized spacial score (nSPS) is 15.3. The molecule has 0 spiro atoms. The molecule has 0 atom stereocenters. The lowest BCUT2D eigenvalue weighted by Crippen LogP contribution is -2.39. The Morgan fingerprint density at radius 1 is 1.10 bits per heavy atom. The highest BCUT2D eigenvalue weighted by molar-refractivity contribution is 5.92. The van der Waals surface area contributed by atoms with Crippen LogP contribution in [-0.2, 0) is 4.79 Å². The zero-order valence-electron chi connectivity index (χ0n) is 12.7. The molecule has 3 amide bonds. The van der Waals surface area contributed by atoms with E-state index in [4.69, 9.17) is 0 Å². The van der Waals surface area contributed by atoms with Crippen molar-refractivity contribution in [1.82, 2.24) is 5.32 Å². The summed E-state index contributed by atoms with van der Waals surface area (Å²) in [5, 5.41) is 5.84. The van der Waals surface area contributed by atoms with Gasteiger partial charge in [0.2, 0.25) is 5.91 Å². The maximum absolute atomic E-state index is 11.9. The second-order valence-electron chi connectivity index (χ2n) is 5.56. The monoisotopic (exact) mass is 289 g/mol. The van der Waals surface area contributed by atoms with Gasteiger partial charge in [0.15, 0.2) is 0 Å². The molecular weight excluding hydrogens is 266 g/mol. The Hall–Kier alpha value is -2.04. The molecule has 1 aromatic rings. The van der Waals surface area contributed by atoms with Crippen LogP contribution in [-0.4, -0.2) is 25.0 Å². The van der Waals surface area contributed by atoms with Gasteiger partial charge in [-0.2, -0.15) is 0 Å². The van der Waals surface area contributed by atoms with Gasteiger partial charge in [-0.3, -0.25) is 4.79 Å². The van der Waals surface area contributed by atoms with Crippen LogP contribution >= 0.6 is 0 Å². The molecule has 0 heterocycles. The predicted molar refractivity (Wildman–Crippen MR) is 84.6 cm³/mol. The van der Waals surface area contributed by atoms with Crippen LogP contribution in [0.15, 0.2) is 24.3 Å². The van der Waals surface area contributed by atoms with Crippen LogP contribution in [0.5, 0.6) is 0 Å². The SMILES string of the molecule is CC(=O)N(C)c1ccc(NC(=O)NC2CCCCC2)cc1. The molecule has 0 radical (unpaired) electrons. The van der Waals surface area contributed by atoms with Gasteiger partial charge in [-0.1, -0.05) is 19.3 Å². The number of urea groups is 1. The highest BCUT2D eigenvalue weighted by atomic mass is 16.2. The van der Waals surface area contributed by atoms with E-state index < -0.39 is 0 Å². The molecule has 5 nitrogen and oxygen atoms in total. The van der Waals surface area contributed by atoms with Gasteiger partial charge in [-0.15, -0.1) is 0 Å². The lowest BCUT2D eigenvalue weighted by Gasteiger charge is -2.23. The van der Waals surface area contributed by atoms with Crippen molar-refractivity contribution in [2.24, 2.45) is 0 Å². The summed E-state index contributed by atoms with van der Waals surface area (Å²) in [4.78, 5) is 24.8. The molecule has 1 aliphatic rings. The summed E-state index contributed by atoms with van der Waals surface area (Å²) in [6, 6.07) is 7.37. The minimum atomic E-state index is -0.158. The summed E-state index contributed by atoms with van der Waals surface area (Å²) in [7, 11) is 1.72. The van der Waals surface area contributed by atoms with Crippen molar-refractivity contribution < 1.29 is 9.59 Å². The number of amides is 3. The van der Waals surface area contributed by atoms with Crippen LogP contribution in [0.3, 0.4) is 0 Å². The lowest BCUT2D eigenvalue weighted by atomic mass is 9.96. The maximum Gasteiger partial charge on any atom is 0.319 e. The fourth-order valence-electron chi connectivity index (χ4n) is 2.55. The van der Waals surface area contributed by atoms with Gasteiger partial charge in [0.05, 0.1) is 0 Å². The molecular formula is C16H23N3O2. The quantitative estimate of drug-likeness (QED) is 0.898. The summed E-state index contributed by atoms with van der Waals surface area (Å²) < 4.78 is 0. The van der Waals surface area contributed by atoms with E-state index in [1.165, 1.54) is 26.2 Å². The molecule has 5 heteroatoms. The number of nitrogens with one attached hydrogen (secondary N) is 2. The molecule has 0 bridgehead atoms. The lowest BCUT2D eigenvalue weighted by molar-refractivity contribution is -0.116. The molecule has 1 aliphatic carbocycles. The van der Waals surface area contributed by atoms with E-state index in [2.05, 4.69) is 10.6 Å². The molecule has 0 aromatic heterocycles. The van der Waals surface area contributed by atoms with Gasteiger partial charge in [0.1, 0.15) is 0 Å². The molecule has 1 aromatic carbocycles. The average molecular weight is 289 g/mol. The molecule has 21 heavy (non-hydrogen) atoms. The fraction of sp³-hybridized carbons (Fsp3) is 0.500. The highest BCUT2D eigenvalue weighted by Crippen LogP contribution is 2.19. The Morgan fingerprint density at radius 3 is 2.29 bits per heavy atom. The Morgan fingerprint density at radius 2 is 1.71 bits per heavy atom. The second-order valence-corrected chi connectivity index (χ2v) is 5.56. The summed E-state index contributed by atoms with van der Waals surface area (Å²) in [6.07, 6.45) is 5.78. The largest absolute Gasteiger partial charge is 0.335 e. The number of benzene rings is 1. The third kappa shape index (κ3) is 4.48. The third-order valence-electron chi connectivity index (χ3n) is 3.93. The van der Waals surface area contributed by atoms with Crippen LogP contribution in [0.4, 0.5) is 16.2 Å². The number of nitrogens with zero attached hydrogens (tertiary/aromatic N) is 1. The standard InChI is InChI=1S/C16H23N3O2/c1-12(20)19(2)15-10-8-14(9-11-15)18-16(21)17-13-6-4-3-5-7-13/h8-11,13H,3-7H2,1-2H3,(H2,17,18,21). The molecule has 2 rings (SSSR count). The third-order valence-corrected chi connectivity index (χ3v) is 3.93. The van der Waals surface area contributed by atoms with Gasteiger partial charge in [0.25, 0.3) is 0 Å². The number of anilines is 2. The van der Waals surface area contributed by atoms with Gasteiger partial charge in [0, 0.05) is 31.4 Å². The van der Waals surface area contributed by atoms with E-state index in [1.54, 1.807) is 24.1 Å². The van der Waals surface area contributed by atoms with Crippen LogP contribution < -0.4 is 15.5 Å². The first-order valence-corrected chi connectivity index (χ1v) is 7.48. The zero-order chi connectivity index (χ0) is 15.2. The first-order valence-electron chi connectivity index (χ1n) is 7.48. The minimum absolute atomic E-state index is 0.0225. The number of carbonyl (C=O) groups is 2. The van der Waals surface area contributed by atoms with Gasteiger partial charge in [-0.25, -0.2) is 4.79 Å². The summed E-state index contributed by atoms with van der Waals surface area (Å²) >= 11 is 0. The van der Waals surface area contributed by atoms with Crippen molar-refractivity contribution in [3.63, 3.8) is 0 Å². The summed E-state index contributed by atoms with van der Waals surface area (Å²) in [5.74, 6) is -0.0225. The van der Waals surface area contributed by atoms with Crippen molar-refractivity contribution >= 4 is 23.3 Å². The van der Waals surface area contributed by atoms with E-state index in [-0.39, 0.29) is 11.9 Å². The smallest absolute Gasteiger partial charge is 0.319 e. The van der Waals surface area contributed by atoms with E-state index >= 15 is 0 Å². The maximum atomic E-state index is 11.9. The van der Waals surface area contributed by atoms with E-state index in [0.717, 1.165) is 24.2 Å². The first kappa shape index (κ1) is 15.4. The summed E-state index contributed by atoms with van der Waals surface area (Å²) in [5.41, 5.74) is 1.53. The second kappa shape index (κ2) is 7.11. The molecule has 2 N–H and O–H groups in total. The molecule has 0 aliphatic heterocycles. The van der Waals surface area contributed by atoms with E-state index in [1.807, 2.05) is 12.1 Å². The van der Waals surface area contributed by atoms with Crippen LogP contribution in [0.1, 0.15) is 39.0 Å².